The van der Waals surface area contributed by atoms with Gasteiger partial charge in [0.05, 0.1) is 30.0 Å². The van der Waals surface area contributed by atoms with Crippen LogP contribution in [0.3, 0.4) is 0 Å². The fourth-order valence-electron chi connectivity index (χ4n) is 4.53. The Kier molecular flexibility index (Phi) is 6.07. The van der Waals surface area contributed by atoms with Crippen LogP contribution in [0.4, 0.5) is 32.1 Å². The third-order valence-corrected chi connectivity index (χ3v) is 7.54. The monoisotopic (exact) mass is 516 g/mol. The van der Waals surface area contributed by atoms with E-state index in [4.69, 9.17) is 4.74 Å². The Labute approximate surface area is 216 Å². The molecule has 0 unspecified atom stereocenters. The van der Waals surface area contributed by atoms with Crippen molar-refractivity contribution in [3.63, 3.8) is 0 Å². The normalized spacial score (nSPS) is 15.6. The van der Waals surface area contributed by atoms with E-state index in [2.05, 4.69) is 25.5 Å². The fourth-order valence-corrected chi connectivity index (χ4v) is 5.52. The number of urea groups is 1. The zero-order valence-corrected chi connectivity index (χ0v) is 20.8. The van der Waals surface area contributed by atoms with Gasteiger partial charge in [0.2, 0.25) is 0 Å². The van der Waals surface area contributed by atoms with Crippen molar-refractivity contribution in [2.75, 3.05) is 41.8 Å². The first-order valence-corrected chi connectivity index (χ1v) is 12.6. The van der Waals surface area contributed by atoms with Crippen LogP contribution in [0, 0.1) is 5.82 Å². The van der Waals surface area contributed by atoms with Crippen molar-refractivity contribution in [3.8, 4) is 0 Å². The van der Waals surface area contributed by atoms with Crippen molar-refractivity contribution in [2.24, 2.45) is 0 Å². The van der Waals surface area contributed by atoms with Crippen molar-refractivity contribution < 1.29 is 18.7 Å². The van der Waals surface area contributed by atoms with E-state index in [1.165, 1.54) is 34.7 Å². The molecular formula is C25H22BFN6O3S. The number of anilines is 4. The average molecular weight is 516 g/mol. The van der Waals surface area contributed by atoms with Crippen LogP contribution in [0.25, 0.3) is 10.2 Å². The molecule has 0 aliphatic carbocycles. The summed E-state index contributed by atoms with van der Waals surface area (Å²) in [5.74, 6) is -0.368. The van der Waals surface area contributed by atoms with Crippen molar-refractivity contribution in [3.05, 3.63) is 65.0 Å². The zero-order valence-electron chi connectivity index (χ0n) is 20.0. The van der Waals surface area contributed by atoms with Crippen LogP contribution >= 0.6 is 11.3 Å². The number of halogens is 1. The molecule has 0 radical (unpaired) electrons. The third kappa shape index (κ3) is 4.43. The number of benzene rings is 2. The summed E-state index contributed by atoms with van der Waals surface area (Å²) in [4.78, 5) is 39.7. The van der Waals surface area contributed by atoms with Gasteiger partial charge in [-0.05, 0) is 35.9 Å². The summed E-state index contributed by atoms with van der Waals surface area (Å²) in [5.41, 5.74) is 3.05. The number of ether oxygens (including phenoxy) is 1. The maximum Gasteiger partial charge on any atom is 0.332 e. The second kappa shape index (κ2) is 9.54. The smallest absolute Gasteiger partial charge is 0.332 e. The van der Waals surface area contributed by atoms with Crippen LogP contribution in [0.15, 0.2) is 48.8 Å². The fraction of sp³-hybridized carbons (Fsp3) is 0.200. The number of thiophene rings is 1. The minimum absolute atomic E-state index is 0.331. The largest absolute Gasteiger partial charge is 0.379 e. The summed E-state index contributed by atoms with van der Waals surface area (Å²) in [5, 5.41) is 6.32. The van der Waals surface area contributed by atoms with Gasteiger partial charge in [-0.1, -0.05) is 17.6 Å². The first-order valence-electron chi connectivity index (χ1n) is 11.8. The Bertz CT molecular complexity index is 1520. The predicted octanol–water partition coefficient (Wildman–Crippen LogP) is 2.86. The Morgan fingerprint density at radius 2 is 1.95 bits per heavy atom. The Balaban J connectivity index is 1.27. The lowest BCUT2D eigenvalue weighted by Gasteiger charge is -2.27. The van der Waals surface area contributed by atoms with E-state index >= 15 is 0 Å². The minimum atomic E-state index is -0.488. The lowest BCUT2D eigenvalue weighted by atomic mass is 9.95. The van der Waals surface area contributed by atoms with E-state index in [-0.39, 0.29) is 11.7 Å². The van der Waals surface area contributed by atoms with Gasteiger partial charge in [-0.2, -0.15) is 0 Å². The molecule has 4 aromatic rings. The molecule has 4 heterocycles. The molecule has 6 rings (SSSR count). The van der Waals surface area contributed by atoms with Gasteiger partial charge in [0.1, 0.15) is 29.7 Å². The summed E-state index contributed by atoms with van der Waals surface area (Å²) >= 11 is 1.18. The number of hydrogen-bond acceptors (Lipinski definition) is 7. The molecule has 186 valence electrons. The molecule has 37 heavy (non-hydrogen) atoms. The summed E-state index contributed by atoms with van der Waals surface area (Å²) in [6.45, 7) is 4.13. The summed E-state index contributed by atoms with van der Waals surface area (Å²) in [6, 6.07) is 11.6. The minimum Gasteiger partial charge on any atom is -0.379 e. The molecular weight excluding hydrogens is 494 g/mol. The number of hydrogen-bond donors (Lipinski definition) is 2. The van der Waals surface area contributed by atoms with Gasteiger partial charge in [0.15, 0.2) is 5.82 Å². The molecule has 2 aromatic carbocycles. The molecule has 1 fully saturated rings. The van der Waals surface area contributed by atoms with Crippen LogP contribution < -0.4 is 21.0 Å². The van der Waals surface area contributed by atoms with E-state index in [1.54, 1.807) is 13.9 Å². The lowest BCUT2D eigenvalue weighted by Crippen LogP contribution is -2.35. The highest BCUT2D eigenvalue weighted by atomic mass is 32.1. The number of rotatable bonds is 5. The molecule has 3 amide bonds. The molecule has 1 saturated heterocycles. The first-order chi connectivity index (χ1) is 18.0. The number of morpholine rings is 1. The maximum absolute atomic E-state index is 13.8. The number of aromatic nitrogens is 2. The summed E-state index contributed by atoms with van der Waals surface area (Å²) in [7, 11) is 1.63. The van der Waals surface area contributed by atoms with E-state index < -0.39 is 6.03 Å². The third-order valence-electron chi connectivity index (χ3n) is 6.44. The molecule has 2 aromatic heterocycles. The first kappa shape index (κ1) is 23.5. The van der Waals surface area contributed by atoms with Gasteiger partial charge in [-0.25, -0.2) is 24.1 Å². The van der Waals surface area contributed by atoms with E-state index in [0.717, 1.165) is 38.4 Å². The second-order valence-electron chi connectivity index (χ2n) is 8.92. The topological polar surface area (TPSA) is 99.7 Å². The number of carbonyl (C=O) groups excluding carboxylic acids is 2. The Morgan fingerprint density at radius 3 is 2.70 bits per heavy atom. The number of carbonyl (C=O) groups is 2. The average Bonchev–Trinajstić information content (AvgIpc) is 3.27. The molecule has 0 atom stereocenters. The van der Waals surface area contributed by atoms with E-state index in [1.807, 2.05) is 24.3 Å². The summed E-state index contributed by atoms with van der Waals surface area (Å²) in [6.07, 6.45) is 1.36. The SMILES string of the molecule is Bc1cc(N2C(=O)Nc3c(C(=O)Nc4ccc(CN5CCOCC5)cc4)sc4ncnc2c34)ccc1F. The molecule has 9 nitrogen and oxygen atoms in total. The molecule has 0 bridgehead atoms. The van der Waals surface area contributed by atoms with Crippen molar-refractivity contribution >= 4 is 69.7 Å². The lowest BCUT2D eigenvalue weighted by molar-refractivity contribution is 0.0342. The van der Waals surface area contributed by atoms with Gasteiger partial charge in [-0.3, -0.25) is 9.69 Å². The van der Waals surface area contributed by atoms with Crippen LogP contribution in [0.1, 0.15) is 15.2 Å². The van der Waals surface area contributed by atoms with Gasteiger partial charge >= 0.3 is 6.03 Å². The van der Waals surface area contributed by atoms with Crippen LogP contribution in [0.5, 0.6) is 0 Å². The zero-order chi connectivity index (χ0) is 25.5. The standard InChI is InChI=1S/C25H22BFN6O3S/c26-17-11-16(5-6-18(17)27)33-22-19-20(31-25(33)35)21(37-24(19)29-13-28-22)23(34)30-15-3-1-14(2-4-15)12-32-7-9-36-10-8-32/h1-6,11,13H,7-10,12,26H2,(H,30,34)(H,31,35). The van der Waals surface area contributed by atoms with E-state index in [9.17, 15) is 14.0 Å². The van der Waals surface area contributed by atoms with Gasteiger partial charge in [0, 0.05) is 25.3 Å². The maximum atomic E-state index is 13.8. The van der Waals surface area contributed by atoms with Crippen molar-refractivity contribution in [2.45, 2.75) is 6.54 Å². The van der Waals surface area contributed by atoms with Crippen molar-refractivity contribution in [1.29, 1.82) is 0 Å². The molecule has 12 heteroatoms. The van der Waals surface area contributed by atoms with Crippen LogP contribution in [0.2, 0.25) is 0 Å². The quantitative estimate of drug-likeness (QED) is 0.396. The number of amides is 3. The number of nitrogens with one attached hydrogen (secondary N) is 2. The molecule has 2 N–H and O–H groups in total. The van der Waals surface area contributed by atoms with Crippen molar-refractivity contribution in [1.82, 2.24) is 14.9 Å². The van der Waals surface area contributed by atoms with Gasteiger partial charge < -0.3 is 15.4 Å². The van der Waals surface area contributed by atoms with Crippen LogP contribution in [-0.2, 0) is 11.3 Å². The molecule has 0 saturated carbocycles. The molecule has 2 aliphatic rings. The van der Waals surface area contributed by atoms with Crippen LogP contribution in [-0.4, -0.2) is 61.0 Å². The Morgan fingerprint density at radius 1 is 1.16 bits per heavy atom. The highest BCUT2D eigenvalue weighted by molar-refractivity contribution is 7.21. The second-order valence-corrected chi connectivity index (χ2v) is 9.92. The molecule has 0 spiro atoms. The Hall–Kier alpha value is -3.87. The van der Waals surface area contributed by atoms with E-state index in [0.29, 0.717) is 43.4 Å². The van der Waals surface area contributed by atoms with Gasteiger partial charge in [-0.15, -0.1) is 11.3 Å². The highest BCUT2D eigenvalue weighted by Gasteiger charge is 2.34. The van der Waals surface area contributed by atoms with Gasteiger partial charge in [0.25, 0.3) is 5.91 Å². The number of nitrogens with zero attached hydrogens (tertiary/aromatic N) is 4. The molecule has 2 aliphatic heterocycles. The summed E-state index contributed by atoms with van der Waals surface area (Å²) < 4.78 is 19.2. The highest BCUT2D eigenvalue weighted by Crippen LogP contribution is 2.44. The predicted molar refractivity (Wildman–Crippen MR) is 144 cm³/mol.